The topological polar surface area (TPSA) is 70.8 Å². The molecule has 142 valence electrons. The van der Waals surface area contributed by atoms with Gasteiger partial charge in [-0.3, -0.25) is 9.59 Å². The molecular formula is C22H18ClNO4. The van der Waals surface area contributed by atoms with Crippen molar-refractivity contribution in [2.75, 3.05) is 6.54 Å². The summed E-state index contributed by atoms with van der Waals surface area (Å²) in [5.74, 6) is -1.51. The molecule has 0 bridgehead atoms. The minimum absolute atomic E-state index is 0.0369. The highest BCUT2D eigenvalue weighted by molar-refractivity contribution is 6.31. The second-order valence-electron chi connectivity index (χ2n) is 6.70. The van der Waals surface area contributed by atoms with Gasteiger partial charge in [-0.25, -0.2) is 0 Å². The van der Waals surface area contributed by atoms with Crippen molar-refractivity contribution in [3.63, 3.8) is 0 Å². The Labute approximate surface area is 166 Å². The fourth-order valence-corrected chi connectivity index (χ4v) is 3.78. The van der Waals surface area contributed by atoms with Gasteiger partial charge in [0, 0.05) is 17.0 Å². The largest absolute Gasteiger partial charge is 0.503 e. The molecule has 4 rings (SSSR count). The Hall–Kier alpha value is -3.05. The molecule has 1 atom stereocenters. The predicted octanol–water partition coefficient (Wildman–Crippen LogP) is 5.07. The highest BCUT2D eigenvalue weighted by atomic mass is 35.5. The summed E-state index contributed by atoms with van der Waals surface area (Å²) in [5.41, 5.74) is 1.31. The zero-order valence-electron chi connectivity index (χ0n) is 15.2. The van der Waals surface area contributed by atoms with E-state index in [9.17, 15) is 14.7 Å². The Kier molecular flexibility index (Phi) is 4.69. The number of aliphatic hydroxyl groups is 1. The molecule has 0 fully saturated rings. The first-order valence-corrected chi connectivity index (χ1v) is 9.42. The van der Waals surface area contributed by atoms with Crippen LogP contribution in [0.3, 0.4) is 0 Å². The van der Waals surface area contributed by atoms with Gasteiger partial charge in [0.05, 0.1) is 11.6 Å². The lowest BCUT2D eigenvalue weighted by atomic mass is 9.95. The third-order valence-electron chi connectivity index (χ3n) is 4.83. The Morgan fingerprint density at radius 2 is 1.93 bits per heavy atom. The fourth-order valence-electron chi connectivity index (χ4n) is 3.60. The van der Waals surface area contributed by atoms with E-state index in [1.54, 1.807) is 24.3 Å². The first-order chi connectivity index (χ1) is 13.5. The molecule has 0 aliphatic carbocycles. The second-order valence-corrected chi connectivity index (χ2v) is 7.13. The molecule has 1 aromatic heterocycles. The van der Waals surface area contributed by atoms with E-state index >= 15 is 0 Å². The number of carbonyl (C=O) groups is 2. The monoisotopic (exact) mass is 395 g/mol. The summed E-state index contributed by atoms with van der Waals surface area (Å²) in [6.45, 7) is 2.37. The van der Waals surface area contributed by atoms with Crippen molar-refractivity contribution >= 4 is 34.3 Å². The summed E-state index contributed by atoms with van der Waals surface area (Å²) in [6.07, 6.45) is 0.701. The third-order valence-corrected chi connectivity index (χ3v) is 5.07. The van der Waals surface area contributed by atoms with E-state index in [-0.39, 0.29) is 11.3 Å². The van der Waals surface area contributed by atoms with Gasteiger partial charge in [0.2, 0.25) is 5.78 Å². The van der Waals surface area contributed by atoms with Gasteiger partial charge >= 0.3 is 0 Å². The molecule has 3 aromatic rings. The molecule has 1 aliphatic heterocycles. The molecule has 2 aromatic carbocycles. The van der Waals surface area contributed by atoms with Crippen molar-refractivity contribution in [2.45, 2.75) is 19.4 Å². The maximum atomic E-state index is 13.3. The molecule has 6 heteroatoms. The number of furan rings is 1. The maximum absolute atomic E-state index is 13.3. The summed E-state index contributed by atoms with van der Waals surface area (Å²) in [5, 5.41) is 11.8. The Balaban J connectivity index is 1.81. The number of hydrogen-bond donors (Lipinski definition) is 1. The fraction of sp³-hybridized carbons (Fsp3) is 0.182. The number of benzene rings is 2. The molecule has 1 unspecified atom stereocenters. The number of amides is 1. The molecule has 5 nitrogen and oxygen atoms in total. The highest BCUT2D eigenvalue weighted by Crippen LogP contribution is 2.39. The van der Waals surface area contributed by atoms with E-state index in [4.69, 9.17) is 16.0 Å². The number of rotatable bonds is 5. The summed E-state index contributed by atoms with van der Waals surface area (Å²) < 4.78 is 5.68. The summed E-state index contributed by atoms with van der Waals surface area (Å²) >= 11 is 6.01. The number of nitrogens with zero attached hydrogens (tertiary/aromatic N) is 1. The number of ketones is 1. The highest BCUT2D eigenvalue weighted by Gasteiger charge is 2.44. The lowest BCUT2D eigenvalue weighted by molar-refractivity contribution is -0.129. The first-order valence-electron chi connectivity index (χ1n) is 9.04. The SMILES string of the molecule is CCCN1C(=O)C(O)=C(C(=O)c2cc3cc(Cl)ccc3o2)C1c1ccccc1. The van der Waals surface area contributed by atoms with Crippen LogP contribution in [-0.2, 0) is 4.79 Å². The van der Waals surface area contributed by atoms with Crippen LogP contribution < -0.4 is 0 Å². The van der Waals surface area contributed by atoms with Crippen molar-refractivity contribution in [2.24, 2.45) is 0 Å². The maximum Gasteiger partial charge on any atom is 0.290 e. The van der Waals surface area contributed by atoms with Gasteiger partial charge in [-0.2, -0.15) is 0 Å². The molecule has 1 amide bonds. The lowest BCUT2D eigenvalue weighted by Crippen LogP contribution is -2.31. The molecule has 1 N–H and O–H groups in total. The number of aliphatic hydroxyl groups excluding tert-OH is 1. The third kappa shape index (κ3) is 2.98. The van der Waals surface area contributed by atoms with Crippen LogP contribution in [0.4, 0.5) is 0 Å². The van der Waals surface area contributed by atoms with E-state index in [1.807, 2.05) is 37.3 Å². The van der Waals surface area contributed by atoms with Crippen molar-refractivity contribution < 1.29 is 19.1 Å². The Morgan fingerprint density at radius 1 is 1.18 bits per heavy atom. The van der Waals surface area contributed by atoms with Gasteiger partial charge in [-0.1, -0.05) is 48.9 Å². The average Bonchev–Trinajstić information content (AvgIpc) is 3.22. The van der Waals surface area contributed by atoms with Crippen LogP contribution in [0.1, 0.15) is 35.5 Å². The van der Waals surface area contributed by atoms with E-state index in [1.165, 1.54) is 4.90 Å². The summed E-state index contributed by atoms with van der Waals surface area (Å²) in [7, 11) is 0. The Bertz CT molecular complexity index is 1100. The second kappa shape index (κ2) is 7.17. The number of fused-ring (bicyclic) bond motifs is 1. The lowest BCUT2D eigenvalue weighted by Gasteiger charge is -2.26. The average molecular weight is 396 g/mol. The molecule has 0 spiro atoms. The zero-order valence-corrected chi connectivity index (χ0v) is 15.9. The molecule has 1 aliphatic rings. The van der Waals surface area contributed by atoms with Crippen LogP contribution in [0.25, 0.3) is 11.0 Å². The van der Waals surface area contributed by atoms with Crippen molar-refractivity contribution in [3.8, 4) is 0 Å². The van der Waals surface area contributed by atoms with Crippen LogP contribution in [0.5, 0.6) is 0 Å². The minimum Gasteiger partial charge on any atom is -0.503 e. The van der Waals surface area contributed by atoms with E-state index in [0.717, 1.165) is 5.56 Å². The number of carbonyl (C=O) groups excluding carboxylic acids is 2. The van der Waals surface area contributed by atoms with Crippen molar-refractivity contribution in [1.82, 2.24) is 4.90 Å². The van der Waals surface area contributed by atoms with Gasteiger partial charge in [-0.05, 0) is 36.2 Å². The molecule has 28 heavy (non-hydrogen) atoms. The van der Waals surface area contributed by atoms with E-state index < -0.39 is 23.5 Å². The van der Waals surface area contributed by atoms with Crippen LogP contribution in [0.15, 0.2) is 70.3 Å². The quantitative estimate of drug-likeness (QED) is 0.612. The molecule has 0 saturated heterocycles. The smallest absolute Gasteiger partial charge is 0.290 e. The van der Waals surface area contributed by atoms with Crippen LogP contribution in [0, 0.1) is 0 Å². The van der Waals surface area contributed by atoms with Crippen molar-refractivity contribution in [1.29, 1.82) is 0 Å². The zero-order chi connectivity index (χ0) is 19.8. The van der Waals surface area contributed by atoms with Gasteiger partial charge in [-0.15, -0.1) is 0 Å². The van der Waals surface area contributed by atoms with Gasteiger partial charge in [0.1, 0.15) is 5.58 Å². The van der Waals surface area contributed by atoms with Gasteiger partial charge in [0.25, 0.3) is 5.91 Å². The number of halogens is 1. The summed E-state index contributed by atoms with van der Waals surface area (Å²) in [4.78, 5) is 27.5. The Morgan fingerprint density at radius 3 is 2.64 bits per heavy atom. The molecule has 0 radical (unpaired) electrons. The number of Topliss-reactive ketones (excluding diaryl/α,β-unsaturated/α-hetero) is 1. The number of hydrogen-bond acceptors (Lipinski definition) is 4. The van der Waals surface area contributed by atoms with E-state index in [0.29, 0.717) is 29.0 Å². The molecule has 0 saturated carbocycles. The molecule has 2 heterocycles. The molecular weight excluding hydrogens is 378 g/mol. The van der Waals surface area contributed by atoms with Gasteiger partial charge in [0.15, 0.2) is 11.5 Å². The van der Waals surface area contributed by atoms with Crippen LogP contribution in [0.2, 0.25) is 5.02 Å². The minimum atomic E-state index is -0.655. The standard InChI is InChI=1S/C22H18ClNO4/c1-2-10-24-19(13-6-4-3-5-7-13)18(21(26)22(24)27)20(25)17-12-14-11-15(23)8-9-16(14)28-17/h3-9,11-12,19,26H,2,10H2,1H3. The van der Waals surface area contributed by atoms with E-state index in [2.05, 4.69) is 0 Å². The van der Waals surface area contributed by atoms with Crippen molar-refractivity contribution in [3.05, 3.63) is 82.3 Å². The van der Waals surface area contributed by atoms with Crippen LogP contribution >= 0.6 is 11.6 Å². The summed E-state index contributed by atoms with van der Waals surface area (Å²) in [6, 6.07) is 15.2. The van der Waals surface area contributed by atoms with Gasteiger partial charge < -0.3 is 14.4 Å². The van der Waals surface area contributed by atoms with Crippen LogP contribution in [-0.4, -0.2) is 28.2 Å². The normalized spacial score (nSPS) is 17.0. The predicted molar refractivity (Wildman–Crippen MR) is 106 cm³/mol. The first kappa shape index (κ1) is 18.3.